The third-order valence-electron chi connectivity index (χ3n) is 4.40. The van der Waals surface area contributed by atoms with Crippen molar-refractivity contribution in [3.8, 4) is 11.5 Å². The van der Waals surface area contributed by atoms with Gasteiger partial charge in [0, 0.05) is 22.7 Å². The van der Waals surface area contributed by atoms with Crippen molar-refractivity contribution in [3.05, 3.63) is 74.0 Å². The highest BCUT2D eigenvalue weighted by Crippen LogP contribution is 2.29. The summed E-state index contributed by atoms with van der Waals surface area (Å²) in [4.78, 5) is 28.3. The summed E-state index contributed by atoms with van der Waals surface area (Å²) >= 11 is 12.1. The van der Waals surface area contributed by atoms with Gasteiger partial charge in [0.25, 0.3) is 0 Å². The van der Waals surface area contributed by atoms with Gasteiger partial charge in [0.1, 0.15) is 17.9 Å². The van der Waals surface area contributed by atoms with Crippen LogP contribution in [0.1, 0.15) is 21.8 Å². The molecule has 29 heavy (non-hydrogen) atoms. The lowest BCUT2D eigenvalue weighted by Crippen LogP contribution is -2.14. The van der Waals surface area contributed by atoms with Gasteiger partial charge in [-0.2, -0.15) is 0 Å². The van der Waals surface area contributed by atoms with Crippen molar-refractivity contribution in [2.24, 2.45) is 7.05 Å². The van der Waals surface area contributed by atoms with Gasteiger partial charge >= 0.3 is 11.7 Å². The number of aromatic nitrogens is 2. The van der Waals surface area contributed by atoms with Gasteiger partial charge in [0.15, 0.2) is 5.58 Å². The fraction of sp³-hybridized carbons (Fsp3) is 0.150. The van der Waals surface area contributed by atoms with E-state index in [0.717, 1.165) is 0 Å². The van der Waals surface area contributed by atoms with Crippen LogP contribution in [-0.4, -0.2) is 15.5 Å². The molecule has 0 spiro atoms. The molecular weight excluding hydrogens is 419 g/mol. The van der Waals surface area contributed by atoms with Gasteiger partial charge in [-0.3, -0.25) is 4.57 Å². The predicted octanol–water partition coefficient (Wildman–Crippen LogP) is 4.76. The van der Waals surface area contributed by atoms with Crippen LogP contribution in [-0.2, 0) is 18.4 Å². The van der Waals surface area contributed by atoms with E-state index in [1.54, 1.807) is 50.4 Å². The number of ether oxygens (including phenoxy) is 1. The van der Waals surface area contributed by atoms with Crippen LogP contribution in [0.15, 0.2) is 50.0 Å². The maximum atomic E-state index is 12.4. The normalized spacial score (nSPS) is 11.2. The lowest BCUT2D eigenvalue weighted by molar-refractivity contribution is 0.0463. The highest BCUT2D eigenvalue weighted by molar-refractivity contribution is 6.35. The fourth-order valence-electron chi connectivity index (χ4n) is 2.87. The molecule has 9 heteroatoms. The van der Waals surface area contributed by atoms with Gasteiger partial charge in [-0.05, 0) is 43.3 Å². The number of halogens is 2. The molecule has 0 bridgehead atoms. The van der Waals surface area contributed by atoms with Crippen molar-refractivity contribution < 1.29 is 18.4 Å². The molecule has 2 aromatic heterocycles. The quantitative estimate of drug-likeness (QED) is 0.432. The number of aryl methyl sites for hydroxylation is 1. The number of fused-ring (bicyclic) bond motifs is 1. The van der Waals surface area contributed by atoms with E-state index in [9.17, 15) is 9.59 Å². The molecule has 7 nitrogen and oxygen atoms in total. The molecule has 0 aliphatic heterocycles. The molecule has 0 atom stereocenters. The summed E-state index contributed by atoms with van der Waals surface area (Å²) in [6, 6.07) is 9.77. The molecule has 0 saturated carbocycles. The topological polar surface area (TPSA) is 87.5 Å². The predicted molar refractivity (Wildman–Crippen MR) is 107 cm³/mol. The summed E-state index contributed by atoms with van der Waals surface area (Å²) in [5.74, 6) is -0.339. The lowest BCUT2D eigenvalue weighted by Gasteiger charge is -2.05. The second kappa shape index (κ2) is 7.42. The maximum Gasteiger partial charge on any atom is 0.419 e. The van der Waals surface area contributed by atoms with E-state index in [0.29, 0.717) is 44.1 Å². The van der Waals surface area contributed by atoms with Crippen molar-refractivity contribution in [2.45, 2.75) is 13.5 Å². The van der Waals surface area contributed by atoms with Crippen molar-refractivity contribution in [3.63, 3.8) is 0 Å². The molecule has 0 N–H and O–H groups in total. The van der Waals surface area contributed by atoms with Crippen LogP contribution in [0.25, 0.3) is 22.6 Å². The molecule has 2 aromatic carbocycles. The molecule has 0 aliphatic carbocycles. The Hall–Kier alpha value is -3.03. The van der Waals surface area contributed by atoms with E-state index >= 15 is 0 Å². The average Bonchev–Trinajstić information content (AvgIpc) is 3.19. The Morgan fingerprint density at radius 1 is 1.14 bits per heavy atom. The second-order valence-electron chi connectivity index (χ2n) is 6.37. The lowest BCUT2D eigenvalue weighted by atomic mass is 10.2. The molecule has 0 radical (unpaired) electrons. The third kappa shape index (κ3) is 3.79. The Morgan fingerprint density at radius 2 is 1.86 bits per heavy atom. The average molecular weight is 433 g/mol. The molecule has 0 aliphatic rings. The first kappa shape index (κ1) is 19.3. The van der Waals surface area contributed by atoms with Crippen molar-refractivity contribution in [1.82, 2.24) is 9.55 Å². The number of carbonyl (C=O) groups is 1. The monoisotopic (exact) mass is 432 g/mol. The van der Waals surface area contributed by atoms with Crippen LogP contribution >= 0.6 is 23.2 Å². The van der Waals surface area contributed by atoms with Crippen molar-refractivity contribution >= 4 is 40.3 Å². The van der Waals surface area contributed by atoms with Gasteiger partial charge in [-0.15, -0.1) is 0 Å². The highest BCUT2D eigenvalue weighted by atomic mass is 35.5. The van der Waals surface area contributed by atoms with Gasteiger partial charge in [0.2, 0.25) is 5.89 Å². The molecule has 0 amide bonds. The smallest absolute Gasteiger partial charge is 0.419 e. The summed E-state index contributed by atoms with van der Waals surface area (Å²) in [5.41, 5.74) is 2.39. The van der Waals surface area contributed by atoms with Crippen molar-refractivity contribution in [1.29, 1.82) is 0 Å². The van der Waals surface area contributed by atoms with E-state index in [-0.39, 0.29) is 12.2 Å². The molecule has 0 fully saturated rings. The standard InChI is InChI=1S/C20H14Cl2N2O5/c1-10-16(24(2)20(26)28-10)9-27-19(25)11-3-4-15-17(7-11)29-18(23-15)12-5-13(21)8-14(22)6-12/h3-8H,9H2,1-2H3. The largest absolute Gasteiger partial charge is 0.456 e. The molecule has 4 aromatic rings. The van der Waals surface area contributed by atoms with E-state index in [4.69, 9.17) is 36.8 Å². The van der Waals surface area contributed by atoms with Crippen LogP contribution in [0.3, 0.4) is 0 Å². The Bertz CT molecular complexity index is 1280. The molecule has 148 valence electrons. The van der Waals surface area contributed by atoms with Gasteiger partial charge in [-0.1, -0.05) is 23.2 Å². The fourth-order valence-corrected chi connectivity index (χ4v) is 3.40. The SMILES string of the molecule is Cc1oc(=O)n(C)c1COC(=O)c1ccc2nc(-c3cc(Cl)cc(Cl)c3)oc2c1. The number of benzene rings is 2. The number of carbonyl (C=O) groups excluding carboxylic acids is 1. The molecule has 4 rings (SSSR count). The van der Waals surface area contributed by atoms with E-state index < -0.39 is 11.7 Å². The zero-order chi connectivity index (χ0) is 20.7. The zero-order valence-electron chi connectivity index (χ0n) is 15.4. The Kier molecular flexibility index (Phi) is 4.94. The number of hydrogen-bond acceptors (Lipinski definition) is 6. The Morgan fingerprint density at radius 3 is 2.52 bits per heavy atom. The second-order valence-corrected chi connectivity index (χ2v) is 7.24. The van der Waals surface area contributed by atoms with E-state index in [1.165, 1.54) is 4.57 Å². The zero-order valence-corrected chi connectivity index (χ0v) is 16.9. The summed E-state index contributed by atoms with van der Waals surface area (Å²) in [5, 5.41) is 0.922. The number of esters is 1. The first-order chi connectivity index (χ1) is 13.8. The number of rotatable bonds is 4. The van der Waals surface area contributed by atoms with Gasteiger partial charge in [0.05, 0.1) is 11.3 Å². The van der Waals surface area contributed by atoms with E-state index in [2.05, 4.69) is 4.98 Å². The Labute approximate surface area is 174 Å². The molecular formula is C20H14Cl2N2O5. The van der Waals surface area contributed by atoms with Gasteiger partial charge in [-0.25, -0.2) is 14.6 Å². The minimum absolute atomic E-state index is 0.0897. The minimum atomic E-state index is -0.566. The molecule has 0 saturated heterocycles. The number of oxazole rings is 2. The highest BCUT2D eigenvalue weighted by Gasteiger charge is 2.16. The number of nitrogens with zero attached hydrogens (tertiary/aromatic N) is 2. The third-order valence-corrected chi connectivity index (χ3v) is 4.84. The van der Waals surface area contributed by atoms with Crippen LogP contribution in [0, 0.1) is 6.92 Å². The summed E-state index contributed by atoms with van der Waals surface area (Å²) in [6.07, 6.45) is 0. The first-order valence-corrected chi connectivity index (χ1v) is 9.27. The van der Waals surface area contributed by atoms with Crippen LogP contribution < -0.4 is 5.76 Å². The van der Waals surface area contributed by atoms with Crippen LogP contribution in [0.2, 0.25) is 10.0 Å². The van der Waals surface area contributed by atoms with Crippen LogP contribution in [0.5, 0.6) is 0 Å². The first-order valence-electron chi connectivity index (χ1n) is 8.51. The molecule has 0 unspecified atom stereocenters. The number of hydrogen-bond donors (Lipinski definition) is 0. The summed E-state index contributed by atoms with van der Waals surface area (Å²) in [7, 11) is 1.55. The Balaban J connectivity index is 1.58. The molecule has 2 heterocycles. The minimum Gasteiger partial charge on any atom is -0.456 e. The maximum absolute atomic E-state index is 12.4. The van der Waals surface area contributed by atoms with E-state index in [1.807, 2.05) is 0 Å². The summed E-state index contributed by atoms with van der Waals surface area (Å²) < 4.78 is 17.3. The summed E-state index contributed by atoms with van der Waals surface area (Å²) in [6.45, 7) is 1.54. The van der Waals surface area contributed by atoms with Crippen molar-refractivity contribution in [2.75, 3.05) is 0 Å². The van der Waals surface area contributed by atoms with Crippen LogP contribution in [0.4, 0.5) is 0 Å². The van der Waals surface area contributed by atoms with Gasteiger partial charge < -0.3 is 13.6 Å².